The van der Waals surface area contributed by atoms with Crippen LogP contribution in [0.1, 0.15) is 30.4 Å². The van der Waals surface area contributed by atoms with Gasteiger partial charge in [0.2, 0.25) is 5.91 Å². The van der Waals surface area contributed by atoms with Crippen molar-refractivity contribution in [3.63, 3.8) is 0 Å². The highest BCUT2D eigenvalue weighted by atomic mass is 16.5. The highest BCUT2D eigenvalue weighted by molar-refractivity contribution is 5.79. The van der Waals surface area contributed by atoms with Gasteiger partial charge in [0.25, 0.3) is 0 Å². The van der Waals surface area contributed by atoms with Gasteiger partial charge in [0, 0.05) is 18.5 Å². The molecule has 0 bridgehead atoms. The number of amides is 1. The summed E-state index contributed by atoms with van der Waals surface area (Å²) in [6.45, 7) is 5.94. The Bertz CT molecular complexity index is 520. The Labute approximate surface area is 122 Å². The standard InChI is InChI=1S/C14H20N2O5/c1-8-6-16(7-12(20-8)14(18)19)13(17)5-4-11-9(2)15-21-10(11)3/h8,12H,4-7H2,1-3H3,(H,18,19)/t8-,12?/m1/s1. The SMILES string of the molecule is Cc1noc(C)c1CCC(=O)N1CC(C(=O)O)O[C@H](C)C1. The molecule has 1 aromatic heterocycles. The van der Waals surface area contributed by atoms with Gasteiger partial charge in [-0.15, -0.1) is 0 Å². The molecule has 1 unspecified atom stereocenters. The number of aliphatic carboxylic acids is 1. The van der Waals surface area contributed by atoms with E-state index >= 15 is 0 Å². The number of carboxylic acids is 1. The van der Waals surface area contributed by atoms with Crippen LogP contribution in [0.5, 0.6) is 0 Å². The number of carboxylic acid groups (broad SMARTS) is 1. The van der Waals surface area contributed by atoms with Crippen LogP contribution in [0.2, 0.25) is 0 Å². The lowest BCUT2D eigenvalue weighted by molar-refractivity contribution is -0.166. The van der Waals surface area contributed by atoms with Crippen LogP contribution in [-0.4, -0.2) is 52.3 Å². The van der Waals surface area contributed by atoms with E-state index in [1.807, 2.05) is 13.8 Å². The Morgan fingerprint density at radius 2 is 2.10 bits per heavy atom. The molecule has 1 aliphatic heterocycles. The van der Waals surface area contributed by atoms with Gasteiger partial charge < -0.3 is 19.3 Å². The molecule has 2 heterocycles. The molecule has 0 aliphatic carbocycles. The third-order valence-electron chi connectivity index (χ3n) is 3.66. The zero-order valence-electron chi connectivity index (χ0n) is 12.5. The normalized spacial score (nSPS) is 22.3. The van der Waals surface area contributed by atoms with Crippen LogP contribution >= 0.6 is 0 Å². The molecule has 2 rings (SSSR count). The Balaban J connectivity index is 1.95. The van der Waals surface area contributed by atoms with Crippen molar-refractivity contribution in [2.45, 2.75) is 45.8 Å². The minimum atomic E-state index is -1.04. The maximum Gasteiger partial charge on any atom is 0.334 e. The molecular formula is C14H20N2O5. The van der Waals surface area contributed by atoms with E-state index in [1.165, 1.54) is 0 Å². The first kappa shape index (κ1) is 15.5. The Morgan fingerprint density at radius 3 is 2.67 bits per heavy atom. The summed E-state index contributed by atoms with van der Waals surface area (Å²) < 4.78 is 10.4. The van der Waals surface area contributed by atoms with Crippen LogP contribution in [0.25, 0.3) is 0 Å². The Hall–Kier alpha value is -1.89. The highest BCUT2D eigenvalue weighted by Crippen LogP contribution is 2.17. The largest absolute Gasteiger partial charge is 0.479 e. The summed E-state index contributed by atoms with van der Waals surface area (Å²) in [5.74, 6) is -0.388. The second-order valence-corrected chi connectivity index (χ2v) is 5.38. The summed E-state index contributed by atoms with van der Waals surface area (Å²) in [6.07, 6.45) is -0.370. The summed E-state index contributed by atoms with van der Waals surface area (Å²) in [7, 11) is 0. The Morgan fingerprint density at radius 1 is 1.38 bits per heavy atom. The van der Waals surface area contributed by atoms with Gasteiger partial charge in [0.05, 0.1) is 18.3 Å². The number of carbonyl (C=O) groups excluding carboxylic acids is 1. The van der Waals surface area contributed by atoms with Crippen molar-refractivity contribution in [3.05, 3.63) is 17.0 Å². The van der Waals surface area contributed by atoms with E-state index in [2.05, 4.69) is 5.16 Å². The first-order chi connectivity index (χ1) is 9.88. The molecular weight excluding hydrogens is 276 g/mol. The van der Waals surface area contributed by atoms with Crippen LogP contribution in [-0.2, 0) is 20.7 Å². The minimum absolute atomic E-state index is 0.0728. The summed E-state index contributed by atoms with van der Waals surface area (Å²) in [4.78, 5) is 24.8. The van der Waals surface area contributed by atoms with Gasteiger partial charge in [-0.2, -0.15) is 0 Å². The van der Waals surface area contributed by atoms with E-state index in [-0.39, 0.29) is 18.6 Å². The predicted molar refractivity (Wildman–Crippen MR) is 72.8 cm³/mol. The van der Waals surface area contributed by atoms with Crippen LogP contribution in [0.4, 0.5) is 0 Å². The Kier molecular flexibility index (Phi) is 4.62. The number of hydrogen-bond acceptors (Lipinski definition) is 5. The lowest BCUT2D eigenvalue weighted by Gasteiger charge is -2.35. The molecule has 1 aromatic rings. The quantitative estimate of drug-likeness (QED) is 0.888. The molecule has 7 nitrogen and oxygen atoms in total. The van der Waals surface area contributed by atoms with Gasteiger partial charge in [-0.3, -0.25) is 4.79 Å². The summed E-state index contributed by atoms with van der Waals surface area (Å²) >= 11 is 0. The van der Waals surface area contributed by atoms with E-state index in [0.717, 1.165) is 17.0 Å². The third kappa shape index (κ3) is 3.60. The molecule has 0 saturated carbocycles. The number of aryl methyl sites for hydroxylation is 2. The number of nitrogens with zero attached hydrogens (tertiary/aromatic N) is 2. The van der Waals surface area contributed by atoms with Gasteiger partial charge in [-0.1, -0.05) is 5.16 Å². The lowest BCUT2D eigenvalue weighted by atomic mass is 10.1. The number of rotatable bonds is 4. The fraction of sp³-hybridized carbons (Fsp3) is 0.643. The van der Waals surface area contributed by atoms with Crippen molar-refractivity contribution >= 4 is 11.9 Å². The van der Waals surface area contributed by atoms with E-state index in [1.54, 1.807) is 11.8 Å². The van der Waals surface area contributed by atoms with E-state index < -0.39 is 12.1 Å². The fourth-order valence-electron chi connectivity index (χ4n) is 2.54. The monoisotopic (exact) mass is 296 g/mol. The molecule has 1 aliphatic rings. The van der Waals surface area contributed by atoms with Crippen LogP contribution in [0.15, 0.2) is 4.52 Å². The van der Waals surface area contributed by atoms with E-state index in [9.17, 15) is 9.59 Å². The first-order valence-corrected chi connectivity index (χ1v) is 6.96. The molecule has 1 N–H and O–H groups in total. The van der Waals surface area contributed by atoms with Crippen molar-refractivity contribution in [3.8, 4) is 0 Å². The van der Waals surface area contributed by atoms with Gasteiger partial charge in [-0.25, -0.2) is 4.79 Å². The molecule has 21 heavy (non-hydrogen) atoms. The molecule has 7 heteroatoms. The van der Waals surface area contributed by atoms with Gasteiger partial charge in [0.1, 0.15) is 5.76 Å². The second kappa shape index (κ2) is 6.26. The highest BCUT2D eigenvalue weighted by Gasteiger charge is 2.32. The predicted octanol–water partition coefficient (Wildman–Crippen LogP) is 0.925. The maximum absolute atomic E-state index is 12.3. The van der Waals surface area contributed by atoms with E-state index in [0.29, 0.717) is 19.4 Å². The van der Waals surface area contributed by atoms with Crippen LogP contribution in [0, 0.1) is 13.8 Å². The maximum atomic E-state index is 12.3. The topological polar surface area (TPSA) is 92.9 Å². The number of carbonyl (C=O) groups is 2. The summed E-state index contributed by atoms with van der Waals surface area (Å²) in [5, 5.41) is 12.9. The van der Waals surface area contributed by atoms with Gasteiger partial charge in [-0.05, 0) is 27.2 Å². The van der Waals surface area contributed by atoms with Crippen LogP contribution < -0.4 is 0 Å². The second-order valence-electron chi connectivity index (χ2n) is 5.38. The molecule has 0 aromatic carbocycles. The first-order valence-electron chi connectivity index (χ1n) is 6.96. The number of ether oxygens (including phenoxy) is 1. The number of hydrogen-bond donors (Lipinski definition) is 1. The minimum Gasteiger partial charge on any atom is -0.479 e. The molecule has 1 fully saturated rings. The number of aromatic nitrogens is 1. The zero-order valence-corrected chi connectivity index (χ0v) is 12.5. The van der Waals surface area contributed by atoms with Crippen molar-refractivity contribution in [2.24, 2.45) is 0 Å². The zero-order chi connectivity index (χ0) is 15.6. The molecule has 116 valence electrons. The lowest BCUT2D eigenvalue weighted by Crippen LogP contribution is -2.51. The van der Waals surface area contributed by atoms with Gasteiger partial charge >= 0.3 is 5.97 Å². The fourth-order valence-corrected chi connectivity index (χ4v) is 2.54. The summed E-state index contributed by atoms with van der Waals surface area (Å²) in [6, 6.07) is 0. The average molecular weight is 296 g/mol. The smallest absolute Gasteiger partial charge is 0.334 e. The van der Waals surface area contributed by atoms with Crippen molar-refractivity contribution < 1.29 is 24.0 Å². The van der Waals surface area contributed by atoms with Crippen molar-refractivity contribution in [1.82, 2.24) is 10.1 Å². The summed E-state index contributed by atoms with van der Waals surface area (Å²) in [5.41, 5.74) is 1.73. The molecule has 0 radical (unpaired) electrons. The van der Waals surface area contributed by atoms with Gasteiger partial charge in [0.15, 0.2) is 6.10 Å². The van der Waals surface area contributed by atoms with Crippen molar-refractivity contribution in [1.29, 1.82) is 0 Å². The third-order valence-corrected chi connectivity index (χ3v) is 3.66. The molecule has 1 amide bonds. The molecule has 2 atom stereocenters. The molecule has 1 saturated heterocycles. The average Bonchev–Trinajstić information content (AvgIpc) is 2.74. The number of morpholine rings is 1. The van der Waals surface area contributed by atoms with E-state index in [4.69, 9.17) is 14.4 Å². The molecule has 0 spiro atoms. The van der Waals surface area contributed by atoms with Crippen LogP contribution in [0.3, 0.4) is 0 Å². The van der Waals surface area contributed by atoms with Crippen molar-refractivity contribution in [2.75, 3.05) is 13.1 Å².